The number of aromatic nitrogens is 2. The molecule has 4 rings (SSSR count). The van der Waals surface area contributed by atoms with E-state index in [9.17, 15) is 10.1 Å². The number of rotatable bonds is 6. The van der Waals surface area contributed by atoms with Crippen molar-refractivity contribution < 1.29 is 4.79 Å². The molecule has 2 aromatic carbocycles. The number of nitriles is 1. The Morgan fingerprint density at radius 1 is 1.09 bits per heavy atom. The van der Waals surface area contributed by atoms with Crippen LogP contribution < -0.4 is 5.32 Å². The SMILES string of the molecule is Cc1cc(C)cc(-n2c(C)cc(C=C(C#N)C(=O)NCCc3c[nH]c4ccccc34)c2C)c1. The van der Waals surface area contributed by atoms with Gasteiger partial charge in [-0.3, -0.25) is 4.79 Å². The lowest BCUT2D eigenvalue weighted by Crippen LogP contribution is -2.26. The number of aryl methyl sites for hydroxylation is 3. The molecular formula is C28H28N4O. The summed E-state index contributed by atoms with van der Waals surface area (Å²) in [4.78, 5) is 16.0. The van der Waals surface area contributed by atoms with E-state index in [1.54, 1.807) is 6.08 Å². The van der Waals surface area contributed by atoms with E-state index in [2.05, 4.69) is 59.1 Å². The predicted octanol–water partition coefficient (Wildman–Crippen LogP) is 5.46. The maximum absolute atomic E-state index is 12.7. The lowest BCUT2D eigenvalue weighted by Gasteiger charge is -2.12. The van der Waals surface area contributed by atoms with Crippen LogP contribution in [0.2, 0.25) is 0 Å². The highest BCUT2D eigenvalue weighted by Gasteiger charge is 2.14. The van der Waals surface area contributed by atoms with Crippen molar-refractivity contribution in [1.29, 1.82) is 5.26 Å². The number of nitrogens with zero attached hydrogens (tertiary/aromatic N) is 2. The van der Waals surface area contributed by atoms with Crippen LogP contribution in [0.15, 0.2) is 60.3 Å². The van der Waals surface area contributed by atoms with Gasteiger partial charge in [0, 0.05) is 40.7 Å². The van der Waals surface area contributed by atoms with Crippen LogP contribution in [-0.2, 0) is 11.2 Å². The van der Waals surface area contributed by atoms with Gasteiger partial charge in [-0.25, -0.2) is 0 Å². The molecule has 0 saturated carbocycles. The minimum atomic E-state index is -0.353. The van der Waals surface area contributed by atoms with Gasteiger partial charge >= 0.3 is 0 Å². The molecule has 0 spiro atoms. The number of carbonyl (C=O) groups excluding carboxylic acids is 1. The molecule has 0 aliphatic heterocycles. The first kappa shape index (κ1) is 22.2. The van der Waals surface area contributed by atoms with Gasteiger partial charge < -0.3 is 14.9 Å². The summed E-state index contributed by atoms with van der Waals surface area (Å²) in [6, 6.07) is 18.6. The van der Waals surface area contributed by atoms with E-state index in [-0.39, 0.29) is 11.5 Å². The molecule has 33 heavy (non-hydrogen) atoms. The highest BCUT2D eigenvalue weighted by molar-refractivity contribution is 6.01. The molecule has 0 unspecified atom stereocenters. The first-order valence-corrected chi connectivity index (χ1v) is 11.1. The fraction of sp³-hybridized carbons (Fsp3) is 0.214. The van der Waals surface area contributed by atoms with E-state index in [4.69, 9.17) is 0 Å². The molecule has 0 saturated heterocycles. The molecule has 0 bridgehead atoms. The number of para-hydroxylation sites is 1. The molecule has 5 heteroatoms. The summed E-state index contributed by atoms with van der Waals surface area (Å²) >= 11 is 0. The Kier molecular flexibility index (Phi) is 6.19. The minimum Gasteiger partial charge on any atom is -0.361 e. The van der Waals surface area contributed by atoms with Gasteiger partial charge in [0.1, 0.15) is 11.6 Å². The van der Waals surface area contributed by atoms with Crippen LogP contribution in [0.3, 0.4) is 0 Å². The lowest BCUT2D eigenvalue weighted by molar-refractivity contribution is -0.117. The Morgan fingerprint density at radius 3 is 2.55 bits per heavy atom. The number of aromatic amines is 1. The van der Waals surface area contributed by atoms with Crippen molar-refractivity contribution in [2.75, 3.05) is 6.54 Å². The van der Waals surface area contributed by atoms with Gasteiger partial charge in [-0.05, 0) is 86.7 Å². The standard InChI is InChI=1S/C28H28N4O/c1-18-11-19(2)13-25(12-18)32-20(3)14-23(21(32)4)15-24(16-29)28(33)30-10-9-22-17-31-27-8-6-5-7-26(22)27/h5-8,11-15,17,31H,9-10H2,1-4H3,(H,30,33). The van der Waals surface area contributed by atoms with Crippen LogP contribution in [-0.4, -0.2) is 22.0 Å². The molecule has 0 fully saturated rings. The van der Waals surface area contributed by atoms with Gasteiger partial charge in [-0.2, -0.15) is 5.26 Å². The third kappa shape index (κ3) is 4.61. The quantitative estimate of drug-likeness (QED) is 0.311. The summed E-state index contributed by atoms with van der Waals surface area (Å²) < 4.78 is 2.16. The molecule has 1 amide bonds. The topological polar surface area (TPSA) is 73.6 Å². The second-order valence-corrected chi connectivity index (χ2v) is 8.54. The number of carbonyl (C=O) groups is 1. The molecule has 0 aliphatic rings. The fourth-order valence-electron chi connectivity index (χ4n) is 4.46. The van der Waals surface area contributed by atoms with Gasteiger partial charge in [-0.1, -0.05) is 24.3 Å². The van der Waals surface area contributed by atoms with E-state index in [0.29, 0.717) is 13.0 Å². The van der Waals surface area contributed by atoms with Crippen molar-refractivity contribution in [1.82, 2.24) is 14.9 Å². The third-order valence-corrected chi connectivity index (χ3v) is 5.95. The average molecular weight is 437 g/mol. The smallest absolute Gasteiger partial charge is 0.261 e. The molecule has 2 aromatic heterocycles. The van der Waals surface area contributed by atoms with Crippen LogP contribution in [0.5, 0.6) is 0 Å². The number of nitrogens with one attached hydrogen (secondary N) is 2. The van der Waals surface area contributed by atoms with Crippen LogP contribution >= 0.6 is 0 Å². The average Bonchev–Trinajstić information content (AvgIpc) is 3.31. The normalized spacial score (nSPS) is 11.5. The Hall–Kier alpha value is -4.04. The molecule has 4 aromatic rings. The molecule has 2 heterocycles. The zero-order chi connectivity index (χ0) is 23.5. The summed E-state index contributed by atoms with van der Waals surface area (Å²) in [5.41, 5.74) is 8.73. The number of hydrogen-bond acceptors (Lipinski definition) is 2. The molecule has 2 N–H and O–H groups in total. The number of benzene rings is 2. The van der Waals surface area contributed by atoms with E-state index in [0.717, 1.165) is 39.1 Å². The van der Waals surface area contributed by atoms with Crippen LogP contribution in [0.4, 0.5) is 0 Å². The van der Waals surface area contributed by atoms with Crippen LogP contribution in [0.25, 0.3) is 22.7 Å². The summed E-state index contributed by atoms with van der Waals surface area (Å²) in [6.07, 6.45) is 4.35. The minimum absolute atomic E-state index is 0.106. The largest absolute Gasteiger partial charge is 0.361 e. The third-order valence-electron chi connectivity index (χ3n) is 5.95. The summed E-state index contributed by atoms with van der Waals surface area (Å²) in [5, 5.41) is 13.7. The Labute approximate surface area is 194 Å². The molecule has 0 atom stereocenters. The zero-order valence-electron chi connectivity index (χ0n) is 19.5. The van der Waals surface area contributed by atoms with Crippen molar-refractivity contribution in [2.24, 2.45) is 0 Å². The van der Waals surface area contributed by atoms with Crippen molar-refractivity contribution in [3.63, 3.8) is 0 Å². The van der Waals surface area contributed by atoms with Crippen molar-refractivity contribution >= 4 is 22.9 Å². The zero-order valence-corrected chi connectivity index (χ0v) is 19.5. The van der Waals surface area contributed by atoms with Gasteiger partial charge in [-0.15, -0.1) is 0 Å². The summed E-state index contributed by atoms with van der Waals surface area (Å²) in [7, 11) is 0. The van der Waals surface area contributed by atoms with Crippen LogP contribution in [0, 0.1) is 39.0 Å². The Morgan fingerprint density at radius 2 is 1.82 bits per heavy atom. The molecule has 0 aliphatic carbocycles. The molecule has 5 nitrogen and oxygen atoms in total. The summed E-state index contributed by atoms with van der Waals surface area (Å²) in [5.74, 6) is -0.353. The Balaban J connectivity index is 1.51. The van der Waals surface area contributed by atoms with Gasteiger partial charge in [0.05, 0.1) is 0 Å². The van der Waals surface area contributed by atoms with E-state index in [1.807, 2.05) is 44.3 Å². The number of hydrogen-bond donors (Lipinski definition) is 2. The monoisotopic (exact) mass is 436 g/mol. The maximum Gasteiger partial charge on any atom is 0.261 e. The highest BCUT2D eigenvalue weighted by atomic mass is 16.1. The fourth-order valence-corrected chi connectivity index (χ4v) is 4.46. The van der Waals surface area contributed by atoms with Gasteiger partial charge in [0.15, 0.2) is 0 Å². The van der Waals surface area contributed by atoms with Gasteiger partial charge in [0.25, 0.3) is 5.91 Å². The van der Waals surface area contributed by atoms with Crippen molar-refractivity contribution in [2.45, 2.75) is 34.1 Å². The van der Waals surface area contributed by atoms with Crippen LogP contribution in [0.1, 0.15) is 33.6 Å². The first-order valence-electron chi connectivity index (χ1n) is 11.1. The van der Waals surface area contributed by atoms with E-state index < -0.39 is 0 Å². The second kappa shape index (κ2) is 9.22. The van der Waals surface area contributed by atoms with E-state index >= 15 is 0 Å². The molecular weight excluding hydrogens is 408 g/mol. The van der Waals surface area contributed by atoms with Gasteiger partial charge in [0.2, 0.25) is 0 Å². The molecule has 166 valence electrons. The Bertz CT molecular complexity index is 1390. The second-order valence-electron chi connectivity index (χ2n) is 8.54. The number of amides is 1. The van der Waals surface area contributed by atoms with Crippen molar-refractivity contribution in [3.05, 3.63) is 93.9 Å². The van der Waals surface area contributed by atoms with Crippen molar-refractivity contribution in [3.8, 4) is 11.8 Å². The molecule has 0 radical (unpaired) electrons. The summed E-state index contributed by atoms with van der Waals surface area (Å²) in [6.45, 7) is 8.68. The lowest BCUT2D eigenvalue weighted by atomic mass is 10.1. The maximum atomic E-state index is 12.7. The predicted molar refractivity (Wildman–Crippen MR) is 133 cm³/mol. The number of H-pyrrole nitrogens is 1. The first-order chi connectivity index (χ1) is 15.9. The highest BCUT2D eigenvalue weighted by Crippen LogP contribution is 2.24. The van der Waals surface area contributed by atoms with E-state index in [1.165, 1.54) is 11.1 Å². The number of fused-ring (bicyclic) bond motifs is 1.